The Hall–Kier alpha value is -4.01. The fourth-order valence-corrected chi connectivity index (χ4v) is 3.39. The highest BCUT2D eigenvalue weighted by Gasteiger charge is 2.17. The third-order valence-electron chi connectivity index (χ3n) is 4.78. The Kier molecular flexibility index (Phi) is 5.48. The molecule has 9 heteroatoms. The summed E-state index contributed by atoms with van der Waals surface area (Å²) in [6, 6.07) is 8.13. The summed E-state index contributed by atoms with van der Waals surface area (Å²) in [6.45, 7) is 6.38. The molecule has 0 saturated carbocycles. The molecule has 0 amide bonds. The molecule has 0 aliphatic rings. The maximum absolute atomic E-state index is 8.50. The number of hydrogen-bond acceptors (Lipinski definition) is 8. The predicted molar refractivity (Wildman–Crippen MR) is 121 cm³/mol. The molecule has 0 aliphatic carbocycles. The van der Waals surface area contributed by atoms with E-state index in [1.807, 2.05) is 45.0 Å². The molecule has 4 aromatic rings. The topological polar surface area (TPSA) is 138 Å². The largest absolute Gasteiger partial charge is 0.474 e. The van der Waals surface area contributed by atoms with Crippen molar-refractivity contribution in [2.45, 2.75) is 33.4 Å². The Morgan fingerprint density at radius 3 is 2.87 bits per heavy atom. The van der Waals surface area contributed by atoms with E-state index in [4.69, 9.17) is 20.9 Å². The van der Waals surface area contributed by atoms with Gasteiger partial charge in [-0.1, -0.05) is 18.2 Å². The average molecular weight is 416 g/mol. The summed E-state index contributed by atoms with van der Waals surface area (Å²) in [5.74, 6) is 1.28. The second-order valence-electron chi connectivity index (χ2n) is 7.46. The summed E-state index contributed by atoms with van der Waals surface area (Å²) in [6.07, 6.45) is 4.55. The number of nitrogens with zero attached hydrogens (tertiary/aromatic N) is 4. The summed E-state index contributed by atoms with van der Waals surface area (Å²) < 4.78 is 6.00. The van der Waals surface area contributed by atoms with Crippen LogP contribution in [0, 0.1) is 12.3 Å². The number of benzene rings is 1. The third kappa shape index (κ3) is 4.16. The first-order chi connectivity index (χ1) is 14.9. The van der Waals surface area contributed by atoms with E-state index in [0.717, 1.165) is 22.0 Å². The first-order valence-corrected chi connectivity index (χ1v) is 9.92. The van der Waals surface area contributed by atoms with Crippen molar-refractivity contribution in [2.75, 3.05) is 11.1 Å². The van der Waals surface area contributed by atoms with Crippen LogP contribution in [0.3, 0.4) is 0 Å². The minimum absolute atomic E-state index is 0.00205. The molecule has 158 valence electrons. The van der Waals surface area contributed by atoms with Gasteiger partial charge in [-0.05, 0) is 37.8 Å². The van der Waals surface area contributed by atoms with Gasteiger partial charge in [-0.15, -0.1) is 0 Å². The third-order valence-corrected chi connectivity index (χ3v) is 4.78. The number of hydrogen-bond donors (Lipinski definition) is 4. The Labute approximate surface area is 179 Å². The fraction of sp³-hybridized carbons (Fsp3) is 0.227. The maximum atomic E-state index is 8.50. The zero-order valence-electron chi connectivity index (χ0n) is 17.6. The van der Waals surface area contributed by atoms with Crippen LogP contribution < -0.4 is 15.8 Å². The molecule has 1 aromatic carbocycles. The molecule has 3 heterocycles. The molecule has 0 fully saturated rings. The molecule has 31 heavy (non-hydrogen) atoms. The number of rotatable bonds is 7. The van der Waals surface area contributed by atoms with E-state index in [9.17, 15) is 0 Å². The van der Waals surface area contributed by atoms with Crippen molar-refractivity contribution in [3.8, 4) is 5.88 Å². The van der Waals surface area contributed by atoms with E-state index >= 15 is 0 Å². The van der Waals surface area contributed by atoms with Crippen molar-refractivity contribution in [3.63, 3.8) is 0 Å². The first-order valence-electron chi connectivity index (χ1n) is 9.92. The van der Waals surface area contributed by atoms with Crippen molar-refractivity contribution >= 4 is 28.1 Å². The van der Waals surface area contributed by atoms with Gasteiger partial charge in [0.1, 0.15) is 18.0 Å². The number of fused-ring (bicyclic) bond motifs is 1. The van der Waals surface area contributed by atoms with Crippen LogP contribution in [0.25, 0.3) is 10.8 Å². The number of nitrogen functional groups attached to an aromatic ring is 1. The number of aromatic amines is 1. The number of nitrogens with two attached hydrogens (primary N) is 1. The van der Waals surface area contributed by atoms with Gasteiger partial charge in [0.15, 0.2) is 0 Å². The molecule has 4 rings (SSSR count). The molecule has 0 bridgehead atoms. The number of pyridine rings is 1. The molecular weight excluding hydrogens is 392 g/mol. The van der Waals surface area contributed by atoms with Crippen LogP contribution in [0.2, 0.25) is 0 Å². The lowest BCUT2D eigenvalue weighted by Crippen LogP contribution is -2.14. The minimum atomic E-state index is 0.00205. The van der Waals surface area contributed by atoms with Gasteiger partial charge in [0.25, 0.3) is 0 Å². The van der Waals surface area contributed by atoms with Crippen molar-refractivity contribution in [2.24, 2.45) is 0 Å². The summed E-state index contributed by atoms with van der Waals surface area (Å²) in [5.41, 5.74) is 9.15. The SMILES string of the molecule is Cc1cccc2cc(CNc3ncnc(N)c3C(=N)c3cn[nH]c3)nc(OC(C)C)c12. The zero-order chi connectivity index (χ0) is 22.0. The second kappa shape index (κ2) is 8.39. The highest BCUT2D eigenvalue weighted by Crippen LogP contribution is 2.29. The fourth-order valence-electron chi connectivity index (χ4n) is 3.39. The highest BCUT2D eigenvalue weighted by atomic mass is 16.5. The Bertz CT molecular complexity index is 1230. The molecule has 0 saturated heterocycles. The first kappa shape index (κ1) is 20.3. The minimum Gasteiger partial charge on any atom is -0.474 e. The Morgan fingerprint density at radius 2 is 2.13 bits per heavy atom. The summed E-state index contributed by atoms with van der Waals surface area (Å²) in [7, 11) is 0. The van der Waals surface area contributed by atoms with Gasteiger partial charge in [0, 0.05) is 17.1 Å². The molecule has 0 aliphatic heterocycles. The van der Waals surface area contributed by atoms with E-state index < -0.39 is 0 Å². The van der Waals surface area contributed by atoms with E-state index in [0.29, 0.717) is 29.4 Å². The monoisotopic (exact) mass is 416 g/mol. The van der Waals surface area contributed by atoms with Crippen LogP contribution in [0.5, 0.6) is 5.88 Å². The number of ether oxygens (including phenoxy) is 1. The maximum Gasteiger partial charge on any atom is 0.222 e. The van der Waals surface area contributed by atoms with Crippen LogP contribution in [0.15, 0.2) is 43.0 Å². The highest BCUT2D eigenvalue weighted by molar-refractivity contribution is 6.15. The van der Waals surface area contributed by atoms with Gasteiger partial charge in [0.2, 0.25) is 5.88 Å². The number of H-pyrrole nitrogens is 1. The van der Waals surface area contributed by atoms with Crippen LogP contribution in [-0.4, -0.2) is 37.0 Å². The van der Waals surface area contributed by atoms with E-state index in [1.165, 1.54) is 6.33 Å². The lowest BCUT2D eigenvalue weighted by molar-refractivity contribution is 0.235. The molecule has 0 atom stereocenters. The van der Waals surface area contributed by atoms with Gasteiger partial charge in [-0.2, -0.15) is 5.10 Å². The van der Waals surface area contributed by atoms with Gasteiger partial charge in [0.05, 0.1) is 35.8 Å². The quantitative estimate of drug-likeness (QED) is 0.338. The Morgan fingerprint density at radius 1 is 1.29 bits per heavy atom. The average Bonchev–Trinajstić information content (AvgIpc) is 3.26. The standard InChI is InChI=1S/C22H24N8O/c1-12(2)31-22-17-13(3)5-4-6-14(17)7-16(30-22)10-25-21-18(20(24)26-11-27-21)19(23)15-8-28-29-9-15/h4-9,11-12,23H,10H2,1-3H3,(H,28,29)(H3,24,25,26,27). The van der Waals surface area contributed by atoms with Gasteiger partial charge < -0.3 is 15.8 Å². The van der Waals surface area contributed by atoms with Gasteiger partial charge in [-0.25, -0.2) is 15.0 Å². The predicted octanol–water partition coefficient (Wildman–Crippen LogP) is 3.45. The summed E-state index contributed by atoms with van der Waals surface area (Å²) in [4.78, 5) is 13.1. The van der Waals surface area contributed by atoms with E-state index in [-0.39, 0.29) is 17.6 Å². The number of anilines is 2. The molecule has 9 nitrogen and oxygen atoms in total. The van der Waals surface area contributed by atoms with Gasteiger partial charge >= 0.3 is 0 Å². The van der Waals surface area contributed by atoms with E-state index in [2.05, 4.69) is 25.5 Å². The number of aryl methyl sites for hydroxylation is 1. The van der Waals surface area contributed by atoms with Crippen LogP contribution in [0.4, 0.5) is 11.6 Å². The molecular formula is C22H24N8O. The smallest absolute Gasteiger partial charge is 0.222 e. The van der Waals surface area contributed by atoms with Crippen LogP contribution in [0.1, 0.15) is 36.2 Å². The zero-order valence-corrected chi connectivity index (χ0v) is 17.6. The van der Waals surface area contributed by atoms with Crippen LogP contribution in [-0.2, 0) is 6.54 Å². The lowest BCUT2D eigenvalue weighted by atomic mass is 10.1. The normalized spacial score (nSPS) is 11.1. The van der Waals surface area contributed by atoms with E-state index in [1.54, 1.807) is 12.4 Å². The molecule has 0 unspecified atom stereocenters. The lowest BCUT2D eigenvalue weighted by Gasteiger charge is -2.16. The number of nitrogens with one attached hydrogen (secondary N) is 3. The van der Waals surface area contributed by atoms with Gasteiger partial charge in [-0.3, -0.25) is 10.5 Å². The van der Waals surface area contributed by atoms with Crippen LogP contribution >= 0.6 is 0 Å². The van der Waals surface area contributed by atoms with Crippen molar-refractivity contribution in [1.29, 1.82) is 5.41 Å². The van der Waals surface area contributed by atoms with Crippen molar-refractivity contribution < 1.29 is 4.74 Å². The second-order valence-corrected chi connectivity index (χ2v) is 7.46. The molecule has 0 spiro atoms. The van der Waals surface area contributed by atoms with Crippen molar-refractivity contribution in [1.82, 2.24) is 25.1 Å². The Balaban J connectivity index is 1.67. The summed E-state index contributed by atoms with van der Waals surface area (Å²) in [5, 5.41) is 20.4. The molecule has 0 radical (unpaired) electrons. The summed E-state index contributed by atoms with van der Waals surface area (Å²) >= 11 is 0. The van der Waals surface area contributed by atoms with Crippen molar-refractivity contribution in [3.05, 3.63) is 65.4 Å². The number of aromatic nitrogens is 5. The molecule has 5 N–H and O–H groups in total. The molecule has 3 aromatic heterocycles.